The Balaban J connectivity index is 1.99. The van der Waals surface area contributed by atoms with Gasteiger partial charge in [0.25, 0.3) is 5.91 Å². The van der Waals surface area contributed by atoms with Crippen molar-refractivity contribution >= 4 is 33.6 Å². The molecule has 2 rings (SSSR count). The van der Waals surface area contributed by atoms with Crippen LogP contribution in [0.5, 0.6) is 5.75 Å². The average molecular weight is 344 g/mol. The van der Waals surface area contributed by atoms with E-state index in [4.69, 9.17) is 0 Å². The number of thioether (sulfide) groups is 1. The topological polar surface area (TPSA) is 49.3 Å². The highest BCUT2D eigenvalue weighted by Gasteiger charge is 2.33. The molecule has 1 aliphatic carbocycles. The average Bonchev–Trinajstić information content (AvgIpc) is 2.89. The van der Waals surface area contributed by atoms with E-state index in [0.717, 1.165) is 0 Å². The van der Waals surface area contributed by atoms with Gasteiger partial charge in [-0.15, -0.1) is 0 Å². The third-order valence-corrected chi connectivity index (χ3v) is 5.82. The fourth-order valence-corrected chi connectivity index (χ4v) is 3.63. The van der Waals surface area contributed by atoms with E-state index in [-0.39, 0.29) is 16.4 Å². The summed E-state index contributed by atoms with van der Waals surface area (Å²) in [6.07, 6.45) is 6.94. The van der Waals surface area contributed by atoms with Gasteiger partial charge in [0, 0.05) is 16.9 Å². The standard InChI is InChI=1S/C14H18BrNO2S/c1-19-14(6-2-3-7-14)9-16-13(18)10-4-5-11(15)12(17)8-10/h4-5,8,17H,2-3,6-7,9H2,1H3,(H,16,18). The van der Waals surface area contributed by atoms with Crippen molar-refractivity contribution in [2.75, 3.05) is 12.8 Å². The second kappa shape index (κ2) is 6.18. The highest BCUT2D eigenvalue weighted by molar-refractivity contribution is 9.10. The van der Waals surface area contributed by atoms with E-state index in [1.807, 2.05) is 11.8 Å². The first kappa shape index (κ1) is 14.7. The molecule has 104 valence electrons. The lowest BCUT2D eigenvalue weighted by molar-refractivity contribution is 0.0949. The summed E-state index contributed by atoms with van der Waals surface area (Å²) < 4.78 is 0.799. The molecule has 2 N–H and O–H groups in total. The number of amides is 1. The monoisotopic (exact) mass is 343 g/mol. The first-order valence-corrected chi connectivity index (χ1v) is 8.40. The molecule has 1 aliphatic rings. The Labute approximate surface area is 126 Å². The lowest BCUT2D eigenvalue weighted by atomic mass is 10.1. The smallest absolute Gasteiger partial charge is 0.251 e. The summed E-state index contributed by atoms with van der Waals surface area (Å²) in [7, 11) is 0. The van der Waals surface area contributed by atoms with Crippen molar-refractivity contribution in [2.24, 2.45) is 0 Å². The summed E-state index contributed by atoms with van der Waals surface area (Å²) in [5, 5.41) is 12.6. The number of carbonyl (C=O) groups is 1. The predicted molar refractivity (Wildman–Crippen MR) is 82.9 cm³/mol. The molecule has 0 spiro atoms. The van der Waals surface area contributed by atoms with E-state index in [2.05, 4.69) is 27.5 Å². The van der Waals surface area contributed by atoms with Crippen molar-refractivity contribution in [3.63, 3.8) is 0 Å². The van der Waals surface area contributed by atoms with E-state index in [9.17, 15) is 9.90 Å². The maximum Gasteiger partial charge on any atom is 0.251 e. The van der Waals surface area contributed by atoms with Crippen LogP contribution in [0.25, 0.3) is 0 Å². The van der Waals surface area contributed by atoms with Crippen LogP contribution in [0.4, 0.5) is 0 Å². The van der Waals surface area contributed by atoms with Crippen molar-refractivity contribution in [1.29, 1.82) is 0 Å². The highest BCUT2D eigenvalue weighted by Crippen LogP contribution is 2.39. The molecule has 0 radical (unpaired) electrons. The van der Waals surface area contributed by atoms with Crippen LogP contribution in [0.15, 0.2) is 22.7 Å². The number of nitrogens with one attached hydrogen (secondary N) is 1. The SMILES string of the molecule is CSC1(CNC(=O)c2ccc(Br)c(O)c2)CCCC1. The molecule has 0 aromatic heterocycles. The van der Waals surface area contributed by atoms with Crippen LogP contribution >= 0.6 is 27.7 Å². The molecular formula is C14H18BrNO2S. The highest BCUT2D eigenvalue weighted by atomic mass is 79.9. The third kappa shape index (κ3) is 3.45. The Kier molecular flexibility index (Phi) is 4.79. The summed E-state index contributed by atoms with van der Waals surface area (Å²) in [4.78, 5) is 12.1. The minimum absolute atomic E-state index is 0.0908. The van der Waals surface area contributed by atoms with Gasteiger partial charge in [0.15, 0.2) is 0 Å². The van der Waals surface area contributed by atoms with E-state index < -0.39 is 0 Å². The second-order valence-corrected chi connectivity index (χ2v) is 7.07. The van der Waals surface area contributed by atoms with Gasteiger partial charge in [0.05, 0.1) is 4.47 Å². The summed E-state index contributed by atoms with van der Waals surface area (Å²) in [5.74, 6) is -0.0313. The van der Waals surface area contributed by atoms with Gasteiger partial charge < -0.3 is 10.4 Å². The molecule has 0 aliphatic heterocycles. The lowest BCUT2D eigenvalue weighted by Crippen LogP contribution is -2.38. The van der Waals surface area contributed by atoms with Gasteiger partial charge in [-0.1, -0.05) is 12.8 Å². The maximum absolute atomic E-state index is 12.1. The quantitative estimate of drug-likeness (QED) is 0.878. The number of carbonyl (C=O) groups excluding carboxylic acids is 1. The van der Waals surface area contributed by atoms with Crippen molar-refractivity contribution < 1.29 is 9.90 Å². The van der Waals surface area contributed by atoms with Gasteiger partial charge >= 0.3 is 0 Å². The molecule has 0 atom stereocenters. The number of rotatable bonds is 4. The van der Waals surface area contributed by atoms with Gasteiger partial charge in [-0.05, 0) is 53.2 Å². The minimum atomic E-state index is -0.122. The Morgan fingerprint density at radius 3 is 2.74 bits per heavy atom. The summed E-state index contributed by atoms with van der Waals surface area (Å²) in [5.41, 5.74) is 0.495. The summed E-state index contributed by atoms with van der Waals surface area (Å²) >= 11 is 5.06. The van der Waals surface area contributed by atoms with Gasteiger partial charge in [0.2, 0.25) is 0 Å². The predicted octanol–water partition coefficient (Wildman–Crippen LogP) is 3.56. The molecular weight excluding hydrogens is 326 g/mol. The van der Waals surface area contributed by atoms with Crippen molar-refractivity contribution in [3.05, 3.63) is 28.2 Å². The van der Waals surface area contributed by atoms with Crippen LogP contribution in [-0.4, -0.2) is 28.6 Å². The number of halogens is 1. The van der Waals surface area contributed by atoms with Crippen LogP contribution in [0.2, 0.25) is 0 Å². The Bertz CT molecular complexity index is 473. The Morgan fingerprint density at radius 1 is 1.47 bits per heavy atom. The van der Waals surface area contributed by atoms with Crippen LogP contribution in [0.1, 0.15) is 36.0 Å². The van der Waals surface area contributed by atoms with Crippen LogP contribution in [-0.2, 0) is 0 Å². The number of phenols is 1. The number of hydrogen-bond acceptors (Lipinski definition) is 3. The molecule has 3 nitrogen and oxygen atoms in total. The molecule has 1 saturated carbocycles. The van der Waals surface area contributed by atoms with Crippen LogP contribution in [0.3, 0.4) is 0 Å². The summed E-state index contributed by atoms with van der Waals surface area (Å²) in [6, 6.07) is 4.88. The third-order valence-electron chi connectivity index (χ3n) is 3.73. The fourth-order valence-electron chi connectivity index (χ4n) is 2.47. The molecule has 0 unspecified atom stereocenters. The first-order chi connectivity index (χ1) is 9.06. The Morgan fingerprint density at radius 2 is 2.16 bits per heavy atom. The Hall–Kier alpha value is -0.680. The zero-order valence-electron chi connectivity index (χ0n) is 10.9. The maximum atomic E-state index is 12.1. The molecule has 0 bridgehead atoms. The molecule has 0 heterocycles. The van der Waals surface area contributed by atoms with Crippen molar-refractivity contribution in [1.82, 2.24) is 5.32 Å². The normalized spacial score (nSPS) is 17.4. The molecule has 0 saturated heterocycles. The van der Waals surface area contributed by atoms with E-state index in [0.29, 0.717) is 16.6 Å². The zero-order valence-corrected chi connectivity index (χ0v) is 13.3. The molecule has 19 heavy (non-hydrogen) atoms. The van der Waals surface area contributed by atoms with Gasteiger partial charge in [-0.2, -0.15) is 11.8 Å². The number of aromatic hydroxyl groups is 1. The van der Waals surface area contributed by atoms with E-state index in [1.165, 1.54) is 31.7 Å². The van der Waals surface area contributed by atoms with Gasteiger partial charge in [-0.25, -0.2) is 0 Å². The van der Waals surface area contributed by atoms with Crippen LogP contribution in [0, 0.1) is 0 Å². The van der Waals surface area contributed by atoms with E-state index in [1.54, 1.807) is 12.1 Å². The molecule has 5 heteroatoms. The molecule has 1 amide bonds. The van der Waals surface area contributed by atoms with E-state index >= 15 is 0 Å². The number of phenolic OH excluding ortho intramolecular Hbond substituents is 1. The fraction of sp³-hybridized carbons (Fsp3) is 0.500. The van der Waals surface area contributed by atoms with Crippen LogP contribution < -0.4 is 5.32 Å². The second-order valence-electron chi connectivity index (χ2n) is 4.94. The van der Waals surface area contributed by atoms with Gasteiger partial charge in [0.1, 0.15) is 5.75 Å². The molecule has 1 fully saturated rings. The number of benzene rings is 1. The van der Waals surface area contributed by atoms with Gasteiger partial charge in [-0.3, -0.25) is 4.79 Å². The number of hydrogen-bond donors (Lipinski definition) is 2. The summed E-state index contributed by atoms with van der Waals surface area (Å²) in [6.45, 7) is 0.698. The molecule has 1 aromatic carbocycles. The molecule has 1 aromatic rings. The first-order valence-electron chi connectivity index (χ1n) is 6.38. The zero-order chi connectivity index (χ0) is 13.9. The van der Waals surface area contributed by atoms with Crippen molar-refractivity contribution in [2.45, 2.75) is 30.4 Å². The largest absolute Gasteiger partial charge is 0.507 e. The van der Waals surface area contributed by atoms with Crippen molar-refractivity contribution in [3.8, 4) is 5.75 Å². The minimum Gasteiger partial charge on any atom is -0.507 e. The lowest BCUT2D eigenvalue weighted by Gasteiger charge is -2.26.